The van der Waals surface area contributed by atoms with E-state index in [4.69, 9.17) is 5.11 Å². The van der Waals surface area contributed by atoms with Crippen molar-refractivity contribution >= 4 is 6.08 Å². The average molecular weight is 230 g/mol. The zero-order chi connectivity index (χ0) is 12.0. The van der Waals surface area contributed by atoms with Gasteiger partial charge in [0.2, 0.25) is 0 Å². The maximum absolute atomic E-state index is 12.2. The fourth-order valence-corrected chi connectivity index (χ4v) is 1.21. The highest BCUT2D eigenvalue weighted by atomic mass is 19.4. The Balaban J connectivity index is 2.61. The van der Waals surface area contributed by atoms with Crippen LogP contribution in [-0.2, 0) is 6.18 Å². The summed E-state index contributed by atoms with van der Waals surface area (Å²) in [7, 11) is 0. The summed E-state index contributed by atoms with van der Waals surface area (Å²) in [5, 5.41) is 8.53. The third kappa shape index (κ3) is 4.06. The second-order valence-electron chi connectivity index (χ2n) is 3.39. The Hall–Kier alpha value is -1.29. The second-order valence-corrected chi connectivity index (χ2v) is 3.39. The molecule has 0 saturated carbocycles. The number of hydrogen-bond acceptors (Lipinski definition) is 1. The molecule has 0 radical (unpaired) electrons. The second kappa shape index (κ2) is 5.70. The number of allylic oxidation sites excluding steroid dienone is 1. The third-order valence-electron chi connectivity index (χ3n) is 2.08. The summed E-state index contributed by atoms with van der Waals surface area (Å²) in [5.41, 5.74) is 0.0888. The molecule has 16 heavy (non-hydrogen) atoms. The van der Waals surface area contributed by atoms with E-state index < -0.39 is 11.7 Å². The summed E-state index contributed by atoms with van der Waals surface area (Å²) >= 11 is 0. The lowest BCUT2D eigenvalue weighted by Crippen LogP contribution is -2.03. The first-order chi connectivity index (χ1) is 7.54. The van der Waals surface area contributed by atoms with Crippen LogP contribution in [-0.4, -0.2) is 11.7 Å². The van der Waals surface area contributed by atoms with Crippen molar-refractivity contribution < 1.29 is 18.3 Å². The average Bonchev–Trinajstić information content (AvgIpc) is 2.24. The third-order valence-corrected chi connectivity index (χ3v) is 2.08. The van der Waals surface area contributed by atoms with Crippen LogP contribution in [0.3, 0.4) is 0 Å². The van der Waals surface area contributed by atoms with Gasteiger partial charge in [0.1, 0.15) is 0 Å². The summed E-state index contributed by atoms with van der Waals surface area (Å²) in [5.74, 6) is 0. The molecule has 4 heteroatoms. The van der Waals surface area contributed by atoms with Gasteiger partial charge in [-0.15, -0.1) is 0 Å². The topological polar surface area (TPSA) is 20.2 Å². The zero-order valence-electron chi connectivity index (χ0n) is 8.67. The van der Waals surface area contributed by atoms with Gasteiger partial charge in [-0.1, -0.05) is 24.3 Å². The molecule has 0 amide bonds. The van der Waals surface area contributed by atoms with Crippen molar-refractivity contribution in [3.8, 4) is 0 Å². The minimum Gasteiger partial charge on any atom is -0.396 e. The molecule has 1 aromatic carbocycles. The number of hydrogen-bond donors (Lipinski definition) is 1. The molecule has 0 saturated heterocycles. The van der Waals surface area contributed by atoms with Crippen LogP contribution in [0.1, 0.15) is 24.0 Å². The van der Waals surface area contributed by atoms with Crippen molar-refractivity contribution in [1.29, 1.82) is 0 Å². The highest BCUT2D eigenvalue weighted by Gasteiger charge is 2.29. The van der Waals surface area contributed by atoms with Gasteiger partial charge in [0, 0.05) is 6.61 Å². The predicted octanol–water partition coefficient (Wildman–Crippen LogP) is 3.49. The van der Waals surface area contributed by atoms with Crippen LogP contribution >= 0.6 is 0 Å². The Kier molecular flexibility index (Phi) is 4.55. The quantitative estimate of drug-likeness (QED) is 0.785. The number of aliphatic hydroxyl groups is 1. The number of benzene rings is 1. The molecule has 0 unspecified atom stereocenters. The molecule has 0 bridgehead atoms. The molecular weight excluding hydrogens is 217 g/mol. The largest absolute Gasteiger partial charge is 0.416 e. The van der Waals surface area contributed by atoms with Gasteiger partial charge in [0.15, 0.2) is 0 Å². The summed E-state index contributed by atoms with van der Waals surface area (Å²) < 4.78 is 36.7. The number of unbranched alkanes of at least 4 members (excludes halogenated alkanes) is 1. The lowest BCUT2D eigenvalue weighted by atomic mass is 10.1. The Morgan fingerprint density at radius 3 is 2.25 bits per heavy atom. The van der Waals surface area contributed by atoms with E-state index in [-0.39, 0.29) is 6.61 Å². The fourth-order valence-electron chi connectivity index (χ4n) is 1.21. The summed E-state index contributed by atoms with van der Waals surface area (Å²) in [6.45, 7) is 0.122. The van der Waals surface area contributed by atoms with Gasteiger partial charge in [0.05, 0.1) is 5.56 Å². The molecular formula is C12H13F3O. The Bertz CT molecular complexity index is 338. The normalized spacial score (nSPS) is 12.2. The first-order valence-electron chi connectivity index (χ1n) is 4.98. The SMILES string of the molecule is OCCC/C=C/c1ccc(C(F)(F)F)cc1. The molecule has 1 rings (SSSR count). The molecule has 88 valence electrons. The number of rotatable bonds is 4. The highest BCUT2D eigenvalue weighted by Crippen LogP contribution is 2.29. The van der Waals surface area contributed by atoms with E-state index in [0.29, 0.717) is 6.42 Å². The first-order valence-corrected chi connectivity index (χ1v) is 4.98. The Morgan fingerprint density at radius 2 is 1.75 bits per heavy atom. The van der Waals surface area contributed by atoms with Crippen molar-refractivity contribution in [2.75, 3.05) is 6.61 Å². The molecule has 0 aromatic heterocycles. The predicted molar refractivity (Wildman–Crippen MR) is 56.8 cm³/mol. The van der Waals surface area contributed by atoms with Crippen molar-refractivity contribution in [3.63, 3.8) is 0 Å². The van der Waals surface area contributed by atoms with E-state index in [1.807, 2.05) is 6.08 Å². The summed E-state index contributed by atoms with van der Waals surface area (Å²) in [4.78, 5) is 0. The van der Waals surface area contributed by atoms with Gasteiger partial charge in [0.25, 0.3) is 0 Å². The maximum Gasteiger partial charge on any atom is 0.416 e. The smallest absolute Gasteiger partial charge is 0.396 e. The van der Waals surface area contributed by atoms with E-state index in [1.54, 1.807) is 6.08 Å². The number of alkyl halides is 3. The highest BCUT2D eigenvalue weighted by molar-refractivity contribution is 5.49. The van der Waals surface area contributed by atoms with Gasteiger partial charge >= 0.3 is 6.18 Å². The van der Waals surface area contributed by atoms with E-state index in [9.17, 15) is 13.2 Å². The van der Waals surface area contributed by atoms with E-state index in [0.717, 1.165) is 24.1 Å². The van der Waals surface area contributed by atoms with Crippen molar-refractivity contribution in [3.05, 3.63) is 41.5 Å². The molecule has 0 atom stereocenters. The van der Waals surface area contributed by atoms with E-state index in [2.05, 4.69) is 0 Å². The molecule has 0 aliphatic rings. The molecule has 1 nitrogen and oxygen atoms in total. The fraction of sp³-hybridized carbons (Fsp3) is 0.333. The van der Waals surface area contributed by atoms with Gasteiger partial charge in [-0.2, -0.15) is 13.2 Å². The summed E-state index contributed by atoms with van der Waals surface area (Å²) in [6.07, 6.45) is 0.683. The standard InChI is InChI=1S/C12H13F3O/c13-12(14,15)11-7-5-10(6-8-11)4-2-1-3-9-16/h2,4-8,16H,1,3,9H2/b4-2+. The molecule has 0 heterocycles. The molecule has 0 spiro atoms. The number of aliphatic hydroxyl groups excluding tert-OH is 1. The minimum atomic E-state index is -4.28. The maximum atomic E-state index is 12.2. The van der Waals surface area contributed by atoms with Crippen molar-refractivity contribution in [1.82, 2.24) is 0 Å². The Morgan fingerprint density at radius 1 is 1.12 bits per heavy atom. The zero-order valence-corrected chi connectivity index (χ0v) is 8.67. The van der Waals surface area contributed by atoms with Crippen LogP contribution in [0, 0.1) is 0 Å². The monoisotopic (exact) mass is 230 g/mol. The van der Waals surface area contributed by atoms with E-state index >= 15 is 0 Å². The van der Waals surface area contributed by atoms with Crippen molar-refractivity contribution in [2.24, 2.45) is 0 Å². The van der Waals surface area contributed by atoms with Crippen LogP contribution in [0.2, 0.25) is 0 Å². The number of halogens is 3. The van der Waals surface area contributed by atoms with Gasteiger partial charge < -0.3 is 5.11 Å². The first kappa shape index (κ1) is 12.8. The lowest BCUT2D eigenvalue weighted by molar-refractivity contribution is -0.137. The molecule has 0 aliphatic heterocycles. The lowest BCUT2D eigenvalue weighted by Gasteiger charge is -2.05. The Labute approximate surface area is 92.2 Å². The van der Waals surface area contributed by atoms with Gasteiger partial charge in [-0.25, -0.2) is 0 Å². The van der Waals surface area contributed by atoms with Gasteiger partial charge in [-0.3, -0.25) is 0 Å². The molecule has 0 fully saturated rings. The van der Waals surface area contributed by atoms with Crippen LogP contribution in [0.25, 0.3) is 6.08 Å². The molecule has 1 N–H and O–H groups in total. The summed E-state index contributed by atoms with van der Waals surface area (Å²) in [6, 6.07) is 4.98. The van der Waals surface area contributed by atoms with Crippen LogP contribution in [0.4, 0.5) is 13.2 Å². The molecule has 0 aliphatic carbocycles. The van der Waals surface area contributed by atoms with Crippen LogP contribution in [0.5, 0.6) is 0 Å². The van der Waals surface area contributed by atoms with Crippen LogP contribution < -0.4 is 0 Å². The minimum absolute atomic E-state index is 0.122. The van der Waals surface area contributed by atoms with E-state index in [1.165, 1.54) is 12.1 Å². The molecule has 1 aromatic rings. The van der Waals surface area contributed by atoms with Crippen LogP contribution in [0.15, 0.2) is 30.3 Å². The van der Waals surface area contributed by atoms with Crippen molar-refractivity contribution in [2.45, 2.75) is 19.0 Å². The van der Waals surface area contributed by atoms with Gasteiger partial charge in [-0.05, 0) is 30.5 Å².